The molecule has 0 aliphatic heterocycles. The standard InChI is InChI=1S/C27H21NO3S.C2H6O.Na/c1-16-12-13-22(31-15-18-8-4-3-5-9-18)24-20(27(29)30)14-21(28-25(16)24)26-17(2)19-10-6-7-11-23(19)32-26;1-3-2;/h3-14H,15H2,1-2H3,(H,29,30);1-2H3;/q;;+1/p-1. The summed E-state index contributed by atoms with van der Waals surface area (Å²) < 4.78 is 11.4. The van der Waals surface area contributed by atoms with Gasteiger partial charge >= 0.3 is 29.6 Å². The van der Waals surface area contributed by atoms with E-state index in [1.165, 1.54) is 0 Å². The summed E-state index contributed by atoms with van der Waals surface area (Å²) in [5.74, 6) is -0.756. The number of aromatic nitrogens is 1. The molecule has 0 radical (unpaired) electrons. The molecule has 0 fully saturated rings. The summed E-state index contributed by atoms with van der Waals surface area (Å²) in [4.78, 5) is 18.1. The summed E-state index contributed by atoms with van der Waals surface area (Å²) in [5.41, 5.74) is 4.32. The molecule has 0 unspecified atom stereocenters. The van der Waals surface area contributed by atoms with Gasteiger partial charge in [-0.05, 0) is 54.1 Å². The number of aromatic carboxylic acids is 1. The van der Waals surface area contributed by atoms with Crippen molar-refractivity contribution in [3.05, 3.63) is 95.1 Å². The summed E-state index contributed by atoms with van der Waals surface area (Å²) in [7, 11) is 3.25. The normalized spacial score (nSPS) is 10.4. The van der Waals surface area contributed by atoms with E-state index in [0.29, 0.717) is 29.0 Å². The van der Waals surface area contributed by atoms with Crippen LogP contribution in [0, 0.1) is 13.8 Å². The molecular formula is C29H26NNaO4S. The Morgan fingerprint density at radius 1 is 0.972 bits per heavy atom. The Bertz CT molecular complexity index is 1500. The SMILES string of the molecule is COC.Cc1c(-c2cc(C(=O)[O-])c3c(OCc4ccccc4)ccc(C)c3n2)sc2ccccc12.[Na+]. The molecule has 0 aliphatic rings. The van der Waals surface area contributed by atoms with Crippen molar-refractivity contribution in [2.75, 3.05) is 14.2 Å². The van der Waals surface area contributed by atoms with Crippen LogP contribution in [0.3, 0.4) is 0 Å². The molecule has 2 heterocycles. The fourth-order valence-corrected chi connectivity index (χ4v) is 5.16. The van der Waals surface area contributed by atoms with Crippen LogP contribution in [0.5, 0.6) is 5.75 Å². The average molecular weight is 508 g/mol. The molecule has 178 valence electrons. The summed E-state index contributed by atoms with van der Waals surface area (Å²) in [6.45, 7) is 4.31. The van der Waals surface area contributed by atoms with Crippen molar-refractivity contribution >= 4 is 38.3 Å². The van der Waals surface area contributed by atoms with E-state index in [4.69, 9.17) is 9.72 Å². The molecule has 0 saturated carbocycles. The smallest absolute Gasteiger partial charge is 0.545 e. The van der Waals surface area contributed by atoms with E-state index in [0.717, 1.165) is 31.7 Å². The Morgan fingerprint density at radius 3 is 2.31 bits per heavy atom. The second kappa shape index (κ2) is 12.5. The third-order valence-corrected chi connectivity index (χ3v) is 6.95. The van der Waals surface area contributed by atoms with Gasteiger partial charge in [0, 0.05) is 24.5 Å². The van der Waals surface area contributed by atoms with Gasteiger partial charge in [-0.15, -0.1) is 11.3 Å². The minimum absolute atomic E-state index is 0. The predicted octanol–water partition coefficient (Wildman–Crippen LogP) is 2.94. The van der Waals surface area contributed by atoms with Gasteiger partial charge in [0.1, 0.15) is 12.4 Å². The number of thiophene rings is 1. The van der Waals surface area contributed by atoms with Crippen LogP contribution in [0.4, 0.5) is 0 Å². The maximum absolute atomic E-state index is 12.2. The zero-order valence-electron chi connectivity index (χ0n) is 21.1. The van der Waals surface area contributed by atoms with Crippen molar-refractivity contribution < 1.29 is 48.9 Å². The van der Waals surface area contributed by atoms with E-state index in [-0.39, 0.29) is 35.1 Å². The number of carbonyl (C=O) groups is 1. The maximum atomic E-state index is 12.2. The van der Waals surface area contributed by atoms with Gasteiger partial charge in [-0.25, -0.2) is 4.98 Å². The van der Waals surface area contributed by atoms with Crippen LogP contribution < -0.4 is 39.4 Å². The fraction of sp³-hybridized carbons (Fsp3) is 0.172. The molecular weight excluding hydrogens is 481 g/mol. The minimum atomic E-state index is -1.24. The number of ether oxygens (including phenoxy) is 2. The molecule has 36 heavy (non-hydrogen) atoms. The van der Waals surface area contributed by atoms with Gasteiger partial charge in [0.2, 0.25) is 0 Å². The number of fused-ring (bicyclic) bond motifs is 2. The van der Waals surface area contributed by atoms with Crippen LogP contribution in [0.1, 0.15) is 27.0 Å². The number of carboxylic acid groups (broad SMARTS) is 1. The number of methoxy groups -OCH3 is 1. The van der Waals surface area contributed by atoms with Crippen LogP contribution in [0.2, 0.25) is 0 Å². The summed E-state index contributed by atoms with van der Waals surface area (Å²) >= 11 is 1.62. The second-order valence-corrected chi connectivity index (χ2v) is 9.23. The number of nitrogens with zero attached hydrogens (tertiary/aromatic N) is 1. The van der Waals surface area contributed by atoms with Crippen molar-refractivity contribution in [3.63, 3.8) is 0 Å². The van der Waals surface area contributed by atoms with Gasteiger partial charge in [-0.1, -0.05) is 54.6 Å². The first-order valence-corrected chi connectivity index (χ1v) is 12.0. The van der Waals surface area contributed by atoms with E-state index in [1.54, 1.807) is 37.7 Å². The summed E-state index contributed by atoms with van der Waals surface area (Å²) in [5, 5.41) is 13.8. The number of aryl methyl sites for hydroxylation is 2. The molecule has 0 saturated heterocycles. The summed E-state index contributed by atoms with van der Waals surface area (Å²) in [6.07, 6.45) is 0. The molecule has 0 atom stereocenters. The van der Waals surface area contributed by atoms with Crippen LogP contribution in [-0.2, 0) is 11.3 Å². The summed E-state index contributed by atoms with van der Waals surface area (Å²) in [6, 6.07) is 23.3. The first-order valence-electron chi connectivity index (χ1n) is 11.2. The Morgan fingerprint density at radius 2 is 1.64 bits per heavy atom. The molecule has 5 nitrogen and oxygen atoms in total. The number of pyridine rings is 1. The Kier molecular flexibility index (Phi) is 9.65. The molecule has 0 amide bonds. The molecule has 0 spiro atoms. The van der Waals surface area contributed by atoms with E-state index < -0.39 is 5.97 Å². The van der Waals surface area contributed by atoms with Crippen LogP contribution in [-0.4, -0.2) is 25.2 Å². The van der Waals surface area contributed by atoms with Crippen molar-refractivity contribution in [2.24, 2.45) is 0 Å². The number of hydrogen-bond acceptors (Lipinski definition) is 6. The predicted molar refractivity (Wildman–Crippen MR) is 140 cm³/mol. The molecule has 3 aromatic carbocycles. The van der Waals surface area contributed by atoms with Gasteiger partial charge in [-0.2, -0.15) is 0 Å². The zero-order chi connectivity index (χ0) is 24.9. The van der Waals surface area contributed by atoms with Gasteiger partial charge in [0.15, 0.2) is 0 Å². The van der Waals surface area contributed by atoms with E-state index in [1.807, 2.05) is 62.4 Å². The number of rotatable bonds is 5. The first-order chi connectivity index (χ1) is 16.9. The zero-order valence-corrected chi connectivity index (χ0v) is 23.9. The van der Waals surface area contributed by atoms with Gasteiger partial charge in [-0.3, -0.25) is 0 Å². The first kappa shape index (κ1) is 27.8. The van der Waals surface area contributed by atoms with Crippen molar-refractivity contribution in [3.8, 4) is 16.3 Å². The Labute approximate surface area is 237 Å². The maximum Gasteiger partial charge on any atom is 1.00 e. The Hall–Kier alpha value is -2.74. The van der Waals surface area contributed by atoms with E-state index >= 15 is 0 Å². The third-order valence-electron chi connectivity index (χ3n) is 5.66. The van der Waals surface area contributed by atoms with E-state index in [9.17, 15) is 9.90 Å². The topological polar surface area (TPSA) is 71.5 Å². The average Bonchev–Trinajstić information content (AvgIpc) is 3.21. The van der Waals surface area contributed by atoms with E-state index in [2.05, 4.69) is 16.9 Å². The van der Waals surface area contributed by atoms with Crippen LogP contribution in [0.25, 0.3) is 31.6 Å². The number of carboxylic acids is 1. The molecule has 5 rings (SSSR count). The second-order valence-electron chi connectivity index (χ2n) is 8.18. The molecule has 7 heteroatoms. The van der Waals surface area contributed by atoms with Crippen LogP contribution in [0.15, 0.2) is 72.8 Å². The molecule has 0 aliphatic carbocycles. The van der Waals surface area contributed by atoms with Crippen LogP contribution >= 0.6 is 11.3 Å². The van der Waals surface area contributed by atoms with Crippen molar-refractivity contribution in [1.82, 2.24) is 4.98 Å². The number of hydrogen-bond donors (Lipinski definition) is 0. The molecule has 2 aromatic heterocycles. The third kappa shape index (κ3) is 5.80. The largest absolute Gasteiger partial charge is 1.00 e. The monoisotopic (exact) mass is 507 g/mol. The van der Waals surface area contributed by atoms with Gasteiger partial charge < -0.3 is 19.4 Å². The minimum Gasteiger partial charge on any atom is -0.545 e. The molecule has 0 bridgehead atoms. The number of benzene rings is 3. The quantitative estimate of drug-likeness (QED) is 0.342. The van der Waals surface area contributed by atoms with Gasteiger partial charge in [0.05, 0.1) is 27.4 Å². The Balaban J connectivity index is 0.000000861. The molecule has 0 N–H and O–H groups in total. The van der Waals surface area contributed by atoms with Gasteiger partial charge in [0.25, 0.3) is 0 Å². The molecule has 5 aromatic rings. The number of carbonyl (C=O) groups excluding carboxylic acids is 1. The van der Waals surface area contributed by atoms with Crippen molar-refractivity contribution in [1.29, 1.82) is 0 Å². The van der Waals surface area contributed by atoms with Crippen molar-refractivity contribution in [2.45, 2.75) is 20.5 Å². The fourth-order valence-electron chi connectivity index (χ4n) is 3.99.